The van der Waals surface area contributed by atoms with Crippen molar-refractivity contribution >= 4 is 52.1 Å². The molecule has 0 radical (unpaired) electrons. The average Bonchev–Trinajstić information content (AvgIpc) is 3.40. The highest BCUT2D eigenvalue weighted by atomic mass is 32.1. The molecule has 1 amide bonds. The van der Waals surface area contributed by atoms with Crippen LogP contribution in [0.3, 0.4) is 0 Å². The van der Waals surface area contributed by atoms with Gasteiger partial charge >= 0.3 is 29.8 Å². The number of hydrogen-bond acceptors (Lipinski definition) is 12. The van der Waals surface area contributed by atoms with Gasteiger partial charge in [-0.2, -0.15) is 0 Å². The highest BCUT2D eigenvalue weighted by Gasteiger charge is 2.43. The number of anilines is 1. The number of thiophene rings is 1. The summed E-state index contributed by atoms with van der Waals surface area (Å²) < 4.78 is 25.9. The Morgan fingerprint density at radius 3 is 1.84 bits per heavy atom. The van der Waals surface area contributed by atoms with Crippen LogP contribution in [0.1, 0.15) is 45.0 Å². The molecule has 0 saturated carbocycles. The Kier molecular flexibility index (Phi) is 12.4. The van der Waals surface area contributed by atoms with Crippen molar-refractivity contribution in [3.8, 4) is 22.3 Å². The van der Waals surface area contributed by atoms with Crippen LogP contribution in [0.2, 0.25) is 0 Å². The molecule has 2 aromatic carbocycles. The molecular weight excluding hydrogens is 606 g/mol. The van der Waals surface area contributed by atoms with E-state index in [4.69, 9.17) is 23.7 Å². The standard InChI is InChI=1S/C32H33NO11S/c1-6-40-32(39)27-25(24-14-12-23(13-15-24)22-10-8-7-9-11-22)17-45-31(27)33-30(38)29(44-21(5)37)28(43-20(4)36)26(42-19(3)35)16-41-18(2)34/h7-15,17,26,28-29H,6,16H2,1-5H3,(H,33,38)/t26-,28-,29-/m1/s1. The molecule has 0 aliphatic carbocycles. The second-order valence-electron chi connectivity index (χ2n) is 9.56. The van der Waals surface area contributed by atoms with E-state index in [0.29, 0.717) is 11.1 Å². The Morgan fingerprint density at radius 1 is 0.711 bits per heavy atom. The van der Waals surface area contributed by atoms with E-state index in [9.17, 15) is 28.8 Å². The van der Waals surface area contributed by atoms with Gasteiger partial charge in [-0.05, 0) is 23.6 Å². The summed E-state index contributed by atoms with van der Waals surface area (Å²) in [6.07, 6.45) is -5.15. The predicted molar refractivity (Wildman–Crippen MR) is 163 cm³/mol. The van der Waals surface area contributed by atoms with Gasteiger partial charge in [-0.1, -0.05) is 54.6 Å². The SMILES string of the molecule is CCOC(=O)c1c(-c2ccc(-c3ccccc3)cc2)csc1NC(=O)[C@H](OC(C)=O)[C@H](OC(C)=O)[C@@H](COC(C)=O)OC(C)=O. The van der Waals surface area contributed by atoms with Gasteiger partial charge in [0.25, 0.3) is 5.91 Å². The lowest BCUT2D eigenvalue weighted by molar-refractivity contribution is -0.190. The molecule has 0 saturated heterocycles. The molecule has 3 aromatic rings. The fraction of sp³-hybridized carbons (Fsp3) is 0.312. The van der Waals surface area contributed by atoms with Crippen LogP contribution in [-0.2, 0) is 47.7 Å². The van der Waals surface area contributed by atoms with Crippen LogP contribution < -0.4 is 5.32 Å². The highest BCUT2D eigenvalue weighted by molar-refractivity contribution is 7.15. The minimum atomic E-state index is -1.89. The molecule has 0 aliphatic heterocycles. The molecule has 0 bridgehead atoms. The summed E-state index contributed by atoms with van der Waals surface area (Å²) in [5, 5.41) is 4.29. The van der Waals surface area contributed by atoms with Crippen LogP contribution in [0.15, 0.2) is 60.0 Å². The summed E-state index contributed by atoms with van der Waals surface area (Å²) in [5.41, 5.74) is 3.15. The summed E-state index contributed by atoms with van der Waals surface area (Å²) in [4.78, 5) is 74.3. The van der Waals surface area contributed by atoms with Crippen molar-refractivity contribution in [1.82, 2.24) is 0 Å². The maximum atomic E-state index is 13.7. The number of rotatable bonds is 13. The molecule has 12 nitrogen and oxygen atoms in total. The number of carbonyl (C=O) groups is 6. The molecule has 238 valence electrons. The van der Waals surface area contributed by atoms with Gasteiger partial charge in [-0.15, -0.1) is 11.3 Å². The second-order valence-corrected chi connectivity index (χ2v) is 10.4. The molecule has 0 aliphatic rings. The van der Waals surface area contributed by atoms with Crippen molar-refractivity contribution in [3.63, 3.8) is 0 Å². The summed E-state index contributed by atoms with van der Waals surface area (Å²) in [5.74, 6) is -5.17. The lowest BCUT2D eigenvalue weighted by atomic mass is 9.99. The number of benzene rings is 2. The third kappa shape index (κ3) is 9.73. The molecule has 0 fully saturated rings. The Bertz CT molecular complexity index is 1530. The first kappa shape index (κ1) is 34.5. The van der Waals surface area contributed by atoms with Gasteiger partial charge in [0.15, 0.2) is 12.2 Å². The largest absolute Gasteiger partial charge is 0.462 e. The molecular formula is C32H33NO11S. The van der Waals surface area contributed by atoms with Crippen LogP contribution >= 0.6 is 11.3 Å². The lowest BCUT2D eigenvalue weighted by Gasteiger charge is -2.30. The third-order valence-corrected chi connectivity index (χ3v) is 6.99. The monoisotopic (exact) mass is 639 g/mol. The zero-order chi connectivity index (χ0) is 33.1. The van der Waals surface area contributed by atoms with Crippen molar-refractivity contribution < 1.29 is 52.5 Å². The quantitative estimate of drug-likeness (QED) is 0.206. The zero-order valence-corrected chi connectivity index (χ0v) is 26.1. The summed E-state index contributed by atoms with van der Waals surface area (Å²) in [7, 11) is 0. The van der Waals surface area contributed by atoms with E-state index in [-0.39, 0.29) is 17.2 Å². The minimum absolute atomic E-state index is 0.0460. The van der Waals surface area contributed by atoms with Gasteiger partial charge in [-0.3, -0.25) is 24.0 Å². The van der Waals surface area contributed by atoms with Gasteiger partial charge in [-0.25, -0.2) is 4.79 Å². The molecule has 0 spiro atoms. The third-order valence-electron chi connectivity index (χ3n) is 6.10. The van der Waals surface area contributed by atoms with Crippen LogP contribution in [0.4, 0.5) is 5.00 Å². The van der Waals surface area contributed by atoms with E-state index in [1.807, 2.05) is 54.6 Å². The van der Waals surface area contributed by atoms with E-state index < -0.39 is 60.7 Å². The van der Waals surface area contributed by atoms with Crippen molar-refractivity contribution in [2.24, 2.45) is 0 Å². The van der Waals surface area contributed by atoms with Crippen molar-refractivity contribution in [3.05, 3.63) is 65.5 Å². The first-order chi connectivity index (χ1) is 21.4. The maximum Gasteiger partial charge on any atom is 0.341 e. The van der Waals surface area contributed by atoms with Crippen molar-refractivity contribution in [1.29, 1.82) is 0 Å². The second kappa shape index (κ2) is 16.1. The van der Waals surface area contributed by atoms with Crippen LogP contribution in [0, 0.1) is 0 Å². The molecule has 3 rings (SSSR count). The zero-order valence-electron chi connectivity index (χ0n) is 25.3. The number of carbonyl (C=O) groups excluding carboxylic acids is 6. The topological polar surface area (TPSA) is 161 Å². The number of ether oxygens (including phenoxy) is 5. The van der Waals surface area contributed by atoms with E-state index in [1.54, 1.807) is 12.3 Å². The Hall–Kier alpha value is -5.04. The van der Waals surface area contributed by atoms with E-state index >= 15 is 0 Å². The smallest absolute Gasteiger partial charge is 0.341 e. The van der Waals surface area contributed by atoms with Gasteiger partial charge in [0, 0.05) is 38.6 Å². The number of esters is 5. The first-order valence-electron chi connectivity index (χ1n) is 13.8. The van der Waals surface area contributed by atoms with Gasteiger partial charge in [0.05, 0.1) is 6.61 Å². The van der Waals surface area contributed by atoms with Crippen molar-refractivity contribution in [2.45, 2.75) is 52.9 Å². The first-order valence-corrected chi connectivity index (χ1v) is 14.7. The normalized spacial score (nSPS) is 12.6. The molecule has 1 aromatic heterocycles. The Balaban J connectivity index is 2.02. The summed E-state index contributed by atoms with van der Waals surface area (Å²) >= 11 is 1.01. The fourth-order valence-electron chi connectivity index (χ4n) is 4.31. The molecule has 3 atom stereocenters. The van der Waals surface area contributed by atoms with Crippen molar-refractivity contribution in [2.75, 3.05) is 18.5 Å². The van der Waals surface area contributed by atoms with E-state index in [2.05, 4.69) is 5.32 Å². The highest BCUT2D eigenvalue weighted by Crippen LogP contribution is 2.37. The van der Waals surface area contributed by atoms with Gasteiger partial charge in [0.1, 0.15) is 17.2 Å². The predicted octanol–water partition coefficient (Wildman–Crippen LogP) is 4.56. The molecule has 45 heavy (non-hydrogen) atoms. The molecule has 1 N–H and O–H groups in total. The number of nitrogens with one attached hydrogen (secondary N) is 1. The number of hydrogen-bond donors (Lipinski definition) is 1. The van der Waals surface area contributed by atoms with E-state index in [0.717, 1.165) is 50.2 Å². The van der Waals surface area contributed by atoms with E-state index in [1.165, 1.54) is 0 Å². The molecule has 0 unspecified atom stereocenters. The minimum Gasteiger partial charge on any atom is -0.462 e. The van der Waals surface area contributed by atoms with Gasteiger partial charge in [0.2, 0.25) is 6.10 Å². The molecule has 1 heterocycles. The van der Waals surface area contributed by atoms with Crippen LogP contribution in [0.25, 0.3) is 22.3 Å². The maximum absolute atomic E-state index is 13.7. The Labute approximate surface area is 263 Å². The summed E-state index contributed by atoms with van der Waals surface area (Å²) in [6.45, 7) is 5.27. The van der Waals surface area contributed by atoms with Crippen LogP contribution in [-0.4, -0.2) is 67.3 Å². The van der Waals surface area contributed by atoms with Crippen LogP contribution in [0.5, 0.6) is 0 Å². The Morgan fingerprint density at radius 2 is 1.29 bits per heavy atom. The van der Waals surface area contributed by atoms with Gasteiger partial charge < -0.3 is 29.0 Å². The summed E-state index contributed by atoms with van der Waals surface area (Å²) in [6, 6.07) is 17.2. The molecule has 13 heteroatoms. The lowest BCUT2D eigenvalue weighted by Crippen LogP contribution is -2.52. The average molecular weight is 640 g/mol. The fourth-order valence-corrected chi connectivity index (χ4v) is 5.27. The number of amides is 1.